The Morgan fingerprint density at radius 2 is 1.85 bits per heavy atom. The molecular weight excluding hydrogens is 350 g/mol. The minimum Gasteiger partial charge on any atom is -0.377 e. The SMILES string of the molecule is CC1CC(OCC(S)CN2CCC(Cc3ccccc3)CC2)CC(C)(C)C1. The van der Waals surface area contributed by atoms with Crippen molar-refractivity contribution in [3.05, 3.63) is 35.9 Å². The maximum atomic E-state index is 6.29. The first kappa shape index (κ1) is 21.2. The smallest absolute Gasteiger partial charge is 0.0598 e. The Kier molecular flexibility index (Phi) is 7.70. The van der Waals surface area contributed by atoms with E-state index in [0.29, 0.717) is 16.8 Å². The van der Waals surface area contributed by atoms with Crippen LogP contribution in [0.4, 0.5) is 0 Å². The molecule has 1 heterocycles. The van der Waals surface area contributed by atoms with Gasteiger partial charge in [-0.3, -0.25) is 0 Å². The van der Waals surface area contributed by atoms with Gasteiger partial charge in [-0.1, -0.05) is 51.1 Å². The van der Waals surface area contributed by atoms with Gasteiger partial charge in [-0.05, 0) is 74.4 Å². The van der Waals surface area contributed by atoms with Gasteiger partial charge >= 0.3 is 0 Å². The van der Waals surface area contributed by atoms with Crippen molar-refractivity contribution in [2.45, 2.75) is 70.7 Å². The second-order valence-electron chi connectivity index (χ2n) is 9.96. The molecule has 0 aromatic heterocycles. The van der Waals surface area contributed by atoms with Gasteiger partial charge in [0, 0.05) is 11.8 Å². The van der Waals surface area contributed by atoms with Crippen molar-refractivity contribution in [1.82, 2.24) is 4.90 Å². The first-order valence-electron chi connectivity index (χ1n) is 11.0. The third-order valence-electron chi connectivity index (χ3n) is 6.41. The summed E-state index contributed by atoms with van der Waals surface area (Å²) in [6.45, 7) is 11.4. The van der Waals surface area contributed by atoms with Crippen LogP contribution in [-0.2, 0) is 11.2 Å². The van der Waals surface area contributed by atoms with Crippen molar-refractivity contribution in [2.75, 3.05) is 26.2 Å². The summed E-state index contributed by atoms with van der Waals surface area (Å²) in [6.07, 6.45) is 8.02. The number of likely N-dealkylation sites (tertiary alicyclic amines) is 1. The van der Waals surface area contributed by atoms with Crippen LogP contribution in [0.15, 0.2) is 30.3 Å². The fourth-order valence-corrected chi connectivity index (χ4v) is 5.62. The van der Waals surface area contributed by atoms with Crippen molar-refractivity contribution < 1.29 is 4.74 Å². The minimum atomic E-state index is 0.330. The molecule has 1 aromatic rings. The lowest BCUT2D eigenvalue weighted by Gasteiger charge is -2.39. The second kappa shape index (κ2) is 9.80. The normalized spacial score (nSPS) is 28.1. The maximum Gasteiger partial charge on any atom is 0.0598 e. The lowest BCUT2D eigenvalue weighted by atomic mass is 9.71. The molecular formula is C24H39NOS. The summed E-state index contributed by atoms with van der Waals surface area (Å²) in [4.78, 5) is 2.59. The average molecular weight is 390 g/mol. The van der Waals surface area contributed by atoms with Crippen LogP contribution >= 0.6 is 12.6 Å². The molecule has 0 bridgehead atoms. The largest absolute Gasteiger partial charge is 0.377 e. The number of rotatable bonds is 7. The molecule has 2 fully saturated rings. The molecule has 3 heteroatoms. The molecule has 1 aliphatic heterocycles. The Morgan fingerprint density at radius 3 is 2.52 bits per heavy atom. The number of thiol groups is 1. The highest BCUT2D eigenvalue weighted by molar-refractivity contribution is 7.81. The maximum absolute atomic E-state index is 6.29. The van der Waals surface area contributed by atoms with Gasteiger partial charge in [0.25, 0.3) is 0 Å². The van der Waals surface area contributed by atoms with Crippen LogP contribution in [-0.4, -0.2) is 42.5 Å². The molecule has 0 N–H and O–H groups in total. The van der Waals surface area contributed by atoms with Crippen LogP contribution < -0.4 is 0 Å². The van der Waals surface area contributed by atoms with Gasteiger partial charge in [0.2, 0.25) is 0 Å². The summed E-state index contributed by atoms with van der Waals surface area (Å²) >= 11 is 4.84. The molecule has 0 spiro atoms. The number of piperidine rings is 1. The highest BCUT2D eigenvalue weighted by Gasteiger charge is 2.32. The summed E-state index contributed by atoms with van der Waals surface area (Å²) in [5.41, 5.74) is 1.91. The predicted molar refractivity (Wildman–Crippen MR) is 119 cm³/mol. The number of hydrogen-bond acceptors (Lipinski definition) is 3. The fourth-order valence-electron chi connectivity index (χ4n) is 5.30. The van der Waals surface area contributed by atoms with Crippen LogP contribution in [0.5, 0.6) is 0 Å². The van der Waals surface area contributed by atoms with E-state index in [-0.39, 0.29) is 0 Å². The molecule has 0 amide bonds. The third-order valence-corrected chi connectivity index (χ3v) is 6.73. The molecule has 1 aliphatic carbocycles. The molecule has 2 aliphatic rings. The van der Waals surface area contributed by atoms with Crippen molar-refractivity contribution >= 4 is 12.6 Å². The van der Waals surface area contributed by atoms with Crippen LogP contribution in [0.1, 0.15) is 58.4 Å². The molecule has 1 saturated carbocycles. The zero-order valence-corrected chi connectivity index (χ0v) is 18.5. The van der Waals surface area contributed by atoms with E-state index in [2.05, 4.69) is 56.0 Å². The third kappa shape index (κ3) is 7.11. The van der Waals surface area contributed by atoms with E-state index >= 15 is 0 Å². The molecule has 1 saturated heterocycles. The number of benzene rings is 1. The Hall–Kier alpha value is -0.510. The number of hydrogen-bond donors (Lipinski definition) is 1. The Labute approximate surface area is 172 Å². The van der Waals surface area contributed by atoms with Gasteiger partial charge in [0.05, 0.1) is 12.7 Å². The van der Waals surface area contributed by atoms with E-state index < -0.39 is 0 Å². The van der Waals surface area contributed by atoms with Crippen LogP contribution in [0.3, 0.4) is 0 Å². The topological polar surface area (TPSA) is 12.5 Å². The average Bonchev–Trinajstić information content (AvgIpc) is 2.61. The number of nitrogens with zero attached hydrogens (tertiary/aromatic N) is 1. The summed E-state index contributed by atoms with van der Waals surface area (Å²) in [6, 6.07) is 11.0. The van der Waals surface area contributed by atoms with Gasteiger partial charge in [-0.15, -0.1) is 0 Å². The summed E-state index contributed by atoms with van der Waals surface area (Å²) in [5.74, 6) is 1.62. The molecule has 0 radical (unpaired) electrons. The molecule has 1 aromatic carbocycles. The molecule has 2 nitrogen and oxygen atoms in total. The monoisotopic (exact) mass is 389 g/mol. The standard InChI is InChI=1S/C24H39NOS/c1-19-13-22(16-24(2,3)15-19)26-18-23(27)17-25-11-9-21(10-12-25)14-20-7-5-4-6-8-20/h4-8,19,21-23,27H,9-18H2,1-3H3. The molecule has 3 atom stereocenters. The summed E-state index contributed by atoms with van der Waals surface area (Å²) in [5, 5.41) is 0.330. The predicted octanol–water partition coefficient (Wildman–Crippen LogP) is 5.47. The second-order valence-corrected chi connectivity index (χ2v) is 10.7. The summed E-state index contributed by atoms with van der Waals surface area (Å²) < 4.78 is 6.29. The van der Waals surface area contributed by atoms with E-state index in [9.17, 15) is 0 Å². The molecule has 27 heavy (non-hydrogen) atoms. The quantitative estimate of drug-likeness (QED) is 0.621. The van der Waals surface area contributed by atoms with Gasteiger partial charge in [0.15, 0.2) is 0 Å². The first-order chi connectivity index (χ1) is 12.9. The van der Waals surface area contributed by atoms with Crippen molar-refractivity contribution in [3.63, 3.8) is 0 Å². The number of ether oxygens (including phenoxy) is 1. The Balaban J connectivity index is 1.34. The minimum absolute atomic E-state index is 0.330. The van der Waals surface area contributed by atoms with E-state index in [0.717, 1.165) is 25.0 Å². The highest BCUT2D eigenvalue weighted by Crippen LogP contribution is 2.39. The van der Waals surface area contributed by atoms with Crippen LogP contribution in [0.25, 0.3) is 0 Å². The fraction of sp³-hybridized carbons (Fsp3) is 0.750. The van der Waals surface area contributed by atoms with Gasteiger partial charge in [-0.2, -0.15) is 12.6 Å². The van der Waals surface area contributed by atoms with Gasteiger partial charge in [-0.25, -0.2) is 0 Å². The highest BCUT2D eigenvalue weighted by atomic mass is 32.1. The Bertz CT molecular complexity index is 553. The zero-order valence-electron chi connectivity index (χ0n) is 17.6. The van der Waals surface area contributed by atoms with Crippen molar-refractivity contribution in [2.24, 2.45) is 17.3 Å². The molecule has 152 valence electrons. The first-order valence-corrected chi connectivity index (χ1v) is 11.5. The molecule has 3 rings (SSSR count). The lowest BCUT2D eigenvalue weighted by Crippen LogP contribution is -2.40. The summed E-state index contributed by atoms with van der Waals surface area (Å²) in [7, 11) is 0. The van der Waals surface area contributed by atoms with E-state index in [1.165, 1.54) is 57.2 Å². The molecule has 3 unspecified atom stereocenters. The van der Waals surface area contributed by atoms with Crippen LogP contribution in [0.2, 0.25) is 0 Å². The van der Waals surface area contributed by atoms with Crippen molar-refractivity contribution in [1.29, 1.82) is 0 Å². The van der Waals surface area contributed by atoms with E-state index in [4.69, 9.17) is 17.4 Å². The van der Waals surface area contributed by atoms with E-state index in [1.807, 2.05) is 0 Å². The van der Waals surface area contributed by atoms with Gasteiger partial charge < -0.3 is 9.64 Å². The Morgan fingerprint density at radius 1 is 1.15 bits per heavy atom. The zero-order chi connectivity index (χ0) is 19.3. The van der Waals surface area contributed by atoms with Crippen molar-refractivity contribution in [3.8, 4) is 0 Å². The van der Waals surface area contributed by atoms with E-state index in [1.54, 1.807) is 0 Å². The lowest BCUT2D eigenvalue weighted by molar-refractivity contribution is -0.0241. The van der Waals surface area contributed by atoms with Crippen LogP contribution in [0, 0.1) is 17.3 Å². The van der Waals surface area contributed by atoms with Gasteiger partial charge in [0.1, 0.15) is 0 Å².